The monoisotopic (exact) mass is 416 g/mol. The quantitative estimate of drug-likeness (QED) is 0.609. The summed E-state index contributed by atoms with van der Waals surface area (Å²) >= 11 is 6.75. The Kier molecular flexibility index (Phi) is 7.45. The summed E-state index contributed by atoms with van der Waals surface area (Å²) in [5.41, 5.74) is 0.827. The van der Waals surface area contributed by atoms with Crippen molar-refractivity contribution in [1.29, 1.82) is 0 Å². The molecule has 0 spiro atoms. The van der Waals surface area contributed by atoms with Crippen LogP contribution in [-0.2, 0) is 14.8 Å². The average molecular weight is 417 g/mol. The van der Waals surface area contributed by atoms with Crippen molar-refractivity contribution in [2.24, 2.45) is 0 Å². The van der Waals surface area contributed by atoms with Crippen LogP contribution in [-0.4, -0.2) is 33.6 Å². The molecule has 9 heteroatoms. The number of halogens is 1. The van der Waals surface area contributed by atoms with Crippen LogP contribution in [0.3, 0.4) is 0 Å². The molecular weight excluding hydrogens is 396 g/mol. The van der Waals surface area contributed by atoms with Gasteiger partial charge < -0.3 is 10.1 Å². The first kappa shape index (κ1) is 20.7. The highest BCUT2D eigenvalue weighted by atomic mass is 35.5. The average Bonchev–Trinajstić information content (AvgIpc) is 3.02. The van der Waals surface area contributed by atoms with Crippen LogP contribution in [0.15, 0.2) is 40.6 Å². The van der Waals surface area contributed by atoms with Crippen LogP contribution < -0.4 is 10.0 Å². The molecule has 142 valence electrons. The van der Waals surface area contributed by atoms with E-state index in [9.17, 15) is 13.2 Å². The van der Waals surface area contributed by atoms with E-state index < -0.39 is 10.0 Å². The summed E-state index contributed by atoms with van der Waals surface area (Å²) in [6.07, 6.45) is 0.901. The van der Waals surface area contributed by atoms with E-state index in [2.05, 4.69) is 10.0 Å². The maximum absolute atomic E-state index is 12.2. The third-order valence-electron chi connectivity index (χ3n) is 3.27. The molecule has 0 unspecified atom stereocenters. The molecule has 26 heavy (non-hydrogen) atoms. The van der Waals surface area contributed by atoms with Crippen molar-refractivity contribution in [1.82, 2.24) is 5.32 Å². The lowest BCUT2D eigenvalue weighted by atomic mass is 10.2. The van der Waals surface area contributed by atoms with Crippen molar-refractivity contribution in [2.45, 2.75) is 30.6 Å². The Morgan fingerprint density at radius 2 is 1.88 bits per heavy atom. The smallest absolute Gasteiger partial charge is 0.271 e. The molecule has 0 aliphatic carbocycles. The second kappa shape index (κ2) is 9.36. The molecule has 2 N–H and O–H groups in total. The molecule has 6 nitrogen and oxygen atoms in total. The molecule has 0 radical (unpaired) electrons. The van der Waals surface area contributed by atoms with Crippen LogP contribution in [0.4, 0.5) is 5.69 Å². The summed E-state index contributed by atoms with van der Waals surface area (Å²) in [6, 6.07) is 9.20. The molecule has 0 aliphatic rings. The molecule has 2 rings (SSSR count). The normalized spacial score (nSPS) is 11.5. The van der Waals surface area contributed by atoms with Crippen molar-refractivity contribution < 1.29 is 17.9 Å². The van der Waals surface area contributed by atoms with E-state index in [1.54, 1.807) is 24.3 Å². The second-order valence-electron chi connectivity index (χ2n) is 5.77. The van der Waals surface area contributed by atoms with Gasteiger partial charge in [0, 0.05) is 24.4 Å². The fraction of sp³-hybridized carbons (Fsp3) is 0.353. The van der Waals surface area contributed by atoms with Gasteiger partial charge in [0.1, 0.15) is 4.21 Å². The summed E-state index contributed by atoms with van der Waals surface area (Å²) in [6.45, 7) is 5.02. The molecule has 0 bridgehead atoms. The second-order valence-corrected chi connectivity index (χ2v) is 9.39. The number of carbonyl (C=O) groups is 1. The summed E-state index contributed by atoms with van der Waals surface area (Å²) in [5.74, 6) is -0.214. The number of hydrogen-bond donors (Lipinski definition) is 2. The van der Waals surface area contributed by atoms with E-state index in [0.717, 1.165) is 17.8 Å². The predicted molar refractivity (Wildman–Crippen MR) is 105 cm³/mol. The summed E-state index contributed by atoms with van der Waals surface area (Å²) in [5, 5.41) is 2.80. The highest BCUT2D eigenvalue weighted by molar-refractivity contribution is 7.94. The van der Waals surface area contributed by atoms with Crippen molar-refractivity contribution in [3.05, 3.63) is 46.3 Å². The Bertz CT molecular complexity index is 833. The standard InChI is InChI=1S/C17H21ClN2O4S2/c1-12(2)24-11-3-10-19-17(21)13-4-6-14(7-5-13)20-26(22,23)16-9-8-15(18)25-16/h4-9,12,20H,3,10-11H2,1-2H3,(H,19,21). The third-order valence-corrected chi connectivity index (χ3v) is 6.37. The van der Waals surface area contributed by atoms with Gasteiger partial charge in [0.2, 0.25) is 0 Å². The number of hydrogen-bond acceptors (Lipinski definition) is 5. The molecule has 2 aromatic rings. The minimum atomic E-state index is -3.68. The van der Waals surface area contributed by atoms with Crippen LogP contribution in [0.2, 0.25) is 4.34 Å². The van der Waals surface area contributed by atoms with Gasteiger partial charge in [0.25, 0.3) is 15.9 Å². The van der Waals surface area contributed by atoms with Crippen LogP contribution in [0, 0.1) is 0 Å². The first-order chi connectivity index (χ1) is 12.3. The van der Waals surface area contributed by atoms with E-state index in [1.165, 1.54) is 12.1 Å². The van der Waals surface area contributed by atoms with Crippen molar-refractivity contribution in [3.8, 4) is 0 Å². The number of anilines is 1. The number of ether oxygens (including phenoxy) is 1. The zero-order valence-electron chi connectivity index (χ0n) is 14.5. The minimum Gasteiger partial charge on any atom is -0.379 e. The van der Waals surface area contributed by atoms with Gasteiger partial charge in [-0.25, -0.2) is 8.42 Å². The zero-order chi connectivity index (χ0) is 19.2. The van der Waals surface area contributed by atoms with Crippen LogP contribution in [0.1, 0.15) is 30.6 Å². The molecule has 0 saturated carbocycles. The SMILES string of the molecule is CC(C)OCCCNC(=O)c1ccc(NS(=O)(=O)c2ccc(Cl)s2)cc1. The lowest BCUT2D eigenvalue weighted by Crippen LogP contribution is -2.25. The summed E-state index contributed by atoms with van der Waals surface area (Å²) in [4.78, 5) is 12.1. The molecule has 1 amide bonds. The Morgan fingerprint density at radius 3 is 2.46 bits per heavy atom. The third kappa shape index (κ3) is 6.28. The maximum atomic E-state index is 12.2. The highest BCUT2D eigenvalue weighted by Crippen LogP contribution is 2.27. The first-order valence-electron chi connectivity index (χ1n) is 8.06. The van der Waals surface area contributed by atoms with E-state index in [0.29, 0.717) is 28.7 Å². The van der Waals surface area contributed by atoms with E-state index in [4.69, 9.17) is 16.3 Å². The summed E-state index contributed by atoms with van der Waals surface area (Å²) < 4.78 is 32.9. The number of nitrogens with one attached hydrogen (secondary N) is 2. The number of thiophene rings is 1. The lowest BCUT2D eigenvalue weighted by Gasteiger charge is -2.09. The Balaban J connectivity index is 1.88. The molecule has 1 aromatic heterocycles. The predicted octanol–water partition coefficient (Wildman–Crippen LogP) is 3.75. The van der Waals surface area contributed by atoms with Crippen molar-refractivity contribution in [2.75, 3.05) is 17.9 Å². The van der Waals surface area contributed by atoms with Crippen LogP contribution in [0.5, 0.6) is 0 Å². The molecule has 0 atom stereocenters. The molecule has 1 aromatic carbocycles. The molecule has 0 saturated heterocycles. The molecule has 0 aliphatic heterocycles. The van der Waals surface area contributed by atoms with Crippen LogP contribution in [0.25, 0.3) is 0 Å². The Labute approximate surface area is 162 Å². The van der Waals surface area contributed by atoms with Gasteiger partial charge in [-0.1, -0.05) is 11.6 Å². The molecular formula is C17H21ClN2O4S2. The number of rotatable bonds is 9. The largest absolute Gasteiger partial charge is 0.379 e. The number of carbonyl (C=O) groups excluding carboxylic acids is 1. The number of benzene rings is 1. The van der Waals surface area contributed by atoms with Gasteiger partial charge in [0.15, 0.2) is 0 Å². The van der Waals surface area contributed by atoms with E-state index in [1.807, 2.05) is 13.8 Å². The van der Waals surface area contributed by atoms with Gasteiger partial charge in [-0.15, -0.1) is 11.3 Å². The Hall–Kier alpha value is -1.61. The topological polar surface area (TPSA) is 84.5 Å². The van der Waals surface area contributed by atoms with Crippen molar-refractivity contribution >= 4 is 44.6 Å². The van der Waals surface area contributed by atoms with E-state index >= 15 is 0 Å². The molecule has 0 fully saturated rings. The number of amides is 1. The van der Waals surface area contributed by atoms with Crippen molar-refractivity contribution in [3.63, 3.8) is 0 Å². The van der Waals surface area contributed by atoms with Gasteiger partial charge in [-0.05, 0) is 56.7 Å². The summed E-state index contributed by atoms with van der Waals surface area (Å²) in [7, 11) is -3.68. The fourth-order valence-corrected chi connectivity index (χ4v) is 4.57. The Morgan fingerprint density at radius 1 is 1.19 bits per heavy atom. The van der Waals surface area contributed by atoms with Crippen LogP contribution >= 0.6 is 22.9 Å². The zero-order valence-corrected chi connectivity index (χ0v) is 16.9. The van der Waals surface area contributed by atoms with Gasteiger partial charge in [0.05, 0.1) is 10.4 Å². The number of sulfonamides is 1. The van der Waals surface area contributed by atoms with Gasteiger partial charge >= 0.3 is 0 Å². The molecule has 1 heterocycles. The maximum Gasteiger partial charge on any atom is 0.271 e. The lowest BCUT2D eigenvalue weighted by molar-refractivity contribution is 0.0757. The highest BCUT2D eigenvalue weighted by Gasteiger charge is 2.17. The minimum absolute atomic E-state index is 0.132. The van der Waals surface area contributed by atoms with E-state index in [-0.39, 0.29) is 16.2 Å². The van der Waals surface area contributed by atoms with Gasteiger partial charge in [-0.2, -0.15) is 0 Å². The fourth-order valence-electron chi connectivity index (χ4n) is 2.03. The van der Waals surface area contributed by atoms with Gasteiger partial charge in [-0.3, -0.25) is 9.52 Å². The first-order valence-corrected chi connectivity index (χ1v) is 10.7.